The average Bonchev–Trinajstić information content (AvgIpc) is 2.78. The molecule has 0 saturated heterocycles. The number of hydrogen-bond acceptors (Lipinski definition) is 0. The summed E-state index contributed by atoms with van der Waals surface area (Å²) in [7, 11) is 0. The standard InChI is InChI=1S/C19H26N.2ClH.Ti/c1-5-6-11-20-16(4)17-9-7-8-10-18(17)19-13-14(2)12-15(19)3;;;/h7-10,12,16H,5-6,11,13H2,1-4H3;2*1H;/q-1;;;+3/p-2. The Balaban J connectivity index is 0. The van der Waals surface area contributed by atoms with Crippen molar-refractivity contribution in [3.63, 3.8) is 0 Å². The van der Waals surface area contributed by atoms with Crippen LogP contribution < -0.4 is 24.8 Å². The summed E-state index contributed by atoms with van der Waals surface area (Å²) in [6, 6.07) is 9.07. The fourth-order valence-corrected chi connectivity index (χ4v) is 2.91. The van der Waals surface area contributed by atoms with E-state index >= 15 is 0 Å². The maximum Gasteiger partial charge on any atom is 3.00 e. The number of allylic oxidation sites excluding steroid dienone is 4. The van der Waals surface area contributed by atoms with Gasteiger partial charge >= 0.3 is 21.7 Å². The first-order valence-electron chi connectivity index (χ1n) is 7.76. The Morgan fingerprint density at radius 3 is 2.35 bits per heavy atom. The Labute approximate surface area is 169 Å². The van der Waals surface area contributed by atoms with Crippen molar-refractivity contribution in [1.82, 2.24) is 0 Å². The molecule has 0 N–H and O–H groups in total. The molecular formula is C19H26Cl2NTi. The summed E-state index contributed by atoms with van der Waals surface area (Å²) in [5.74, 6) is 0. The van der Waals surface area contributed by atoms with Gasteiger partial charge in [-0.3, -0.25) is 0 Å². The minimum absolute atomic E-state index is 0. The fourth-order valence-electron chi connectivity index (χ4n) is 2.91. The molecule has 0 spiro atoms. The normalized spacial score (nSPS) is 14.3. The third-order valence-corrected chi connectivity index (χ3v) is 4.05. The molecule has 0 saturated carbocycles. The summed E-state index contributed by atoms with van der Waals surface area (Å²) in [6.45, 7) is 9.85. The summed E-state index contributed by atoms with van der Waals surface area (Å²) in [5.41, 5.74) is 7.13. The molecule has 0 bridgehead atoms. The van der Waals surface area contributed by atoms with E-state index in [4.69, 9.17) is 5.32 Å². The summed E-state index contributed by atoms with van der Waals surface area (Å²) in [4.78, 5) is 0. The molecule has 0 heterocycles. The number of benzene rings is 1. The van der Waals surface area contributed by atoms with Gasteiger partial charge in [0.05, 0.1) is 0 Å². The van der Waals surface area contributed by atoms with Crippen molar-refractivity contribution in [2.24, 2.45) is 0 Å². The second-order valence-corrected chi connectivity index (χ2v) is 5.85. The second-order valence-electron chi connectivity index (χ2n) is 5.85. The second kappa shape index (κ2) is 12.3. The third-order valence-electron chi connectivity index (χ3n) is 4.05. The van der Waals surface area contributed by atoms with Crippen molar-refractivity contribution in [2.45, 2.75) is 53.0 Å². The summed E-state index contributed by atoms with van der Waals surface area (Å²) < 4.78 is 0. The minimum atomic E-state index is 0. The quantitative estimate of drug-likeness (QED) is 0.484. The van der Waals surface area contributed by atoms with Gasteiger partial charge in [-0.1, -0.05) is 68.2 Å². The maximum absolute atomic E-state index is 4.82. The van der Waals surface area contributed by atoms with E-state index < -0.39 is 0 Å². The van der Waals surface area contributed by atoms with Crippen molar-refractivity contribution in [2.75, 3.05) is 6.54 Å². The molecule has 1 unspecified atom stereocenters. The number of halogens is 2. The van der Waals surface area contributed by atoms with Crippen LogP contribution in [-0.2, 0) is 21.7 Å². The SMILES string of the molecule is CCCC[N-]C(C)c1ccccc1C1=C(C)C=C(C)C1.[Cl-].[Cl-].[Ti+3]. The smallest absolute Gasteiger partial charge is 1.00 e. The molecule has 23 heavy (non-hydrogen) atoms. The number of hydrogen-bond donors (Lipinski definition) is 0. The van der Waals surface area contributed by atoms with Crippen LogP contribution in [0.15, 0.2) is 41.5 Å². The van der Waals surface area contributed by atoms with Crippen LogP contribution in [0, 0.1) is 0 Å². The Bertz CT molecular complexity index is 538. The fraction of sp³-hybridized carbons (Fsp3) is 0.474. The summed E-state index contributed by atoms with van der Waals surface area (Å²) >= 11 is 0. The van der Waals surface area contributed by atoms with Crippen molar-refractivity contribution in [3.8, 4) is 0 Å². The average molecular weight is 387 g/mol. The van der Waals surface area contributed by atoms with Gasteiger partial charge in [0.1, 0.15) is 0 Å². The van der Waals surface area contributed by atoms with E-state index in [1.54, 1.807) is 0 Å². The van der Waals surface area contributed by atoms with Gasteiger partial charge in [-0.15, -0.1) is 12.6 Å². The zero-order chi connectivity index (χ0) is 14.5. The van der Waals surface area contributed by atoms with Crippen LogP contribution in [0.4, 0.5) is 0 Å². The van der Waals surface area contributed by atoms with Crippen molar-refractivity contribution >= 4 is 5.57 Å². The summed E-state index contributed by atoms with van der Waals surface area (Å²) in [5, 5.41) is 4.82. The maximum atomic E-state index is 4.82. The third kappa shape index (κ3) is 6.76. The molecule has 1 aliphatic carbocycles. The first-order chi connectivity index (χ1) is 9.63. The van der Waals surface area contributed by atoms with Crippen LogP contribution >= 0.6 is 0 Å². The van der Waals surface area contributed by atoms with E-state index in [0.29, 0.717) is 6.04 Å². The van der Waals surface area contributed by atoms with Gasteiger partial charge in [0, 0.05) is 0 Å². The van der Waals surface area contributed by atoms with Crippen molar-refractivity contribution in [1.29, 1.82) is 0 Å². The number of unbranched alkanes of at least 4 members (excludes halogenated alkanes) is 1. The van der Waals surface area contributed by atoms with E-state index in [9.17, 15) is 0 Å². The van der Waals surface area contributed by atoms with Crippen LogP contribution in [0.2, 0.25) is 0 Å². The van der Waals surface area contributed by atoms with E-state index in [1.165, 1.54) is 40.7 Å². The molecule has 1 nitrogen and oxygen atoms in total. The molecule has 0 aliphatic heterocycles. The van der Waals surface area contributed by atoms with Gasteiger partial charge in [0.25, 0.3) is 0 Å². The van der Waals surface area contributed by atoms with Crippen LogP contribution in [-0.4, -0.2) is 6.54 Å². The minimum Gasteiger partial charge on any atom is -1.00 e. The van der Waals surface area contributed by atoms with Crippen LogP contribution in [0.5, 0.6) is 0 Å². The molecule has 0 amide bonds. The molecule has 1 atom stereocenters. The summed E-state index contributed by atoms with van der Waals surface area (Å²) in [6.07, 6.45) is 5.80. The Morgan fingerprint density at radius 1 is 1.13 bits per heavy atom. The predicted molar refractivity (Wildman–Crippen MR) is 89.0 cm³/mol. The van der Waals surface area contributed by atoms with Gasteiger partial charge in [-0.2, -0.15) is 0 Å². The van der Waals surface area contributed by atoms with Crippen LogP contribution in [0.25, 0.3) is 10.9 Å². The van der Waals surface area contributed by atoms with Gasteiger partial charge in [-0.25, -0.2) is 0 Å². The molecule has 0 fully saturated rings. The van der Waals surface area contributed by atoms with Gasteiger partial charge in [0.2, 0.25) is 0 Å². The largest absolute Gasteiger partial charge is 3.00 e. The molecule has 1 aliphatic rings. The number of rotatable bonds is 6. The monoisotopic (exact) mass is 386 g/mol. The first kappa shape index (κ1) is 25.2. The molecule has 1 aromatic rings. The Hall–Kier alpha value is -0.0457. The van der Waals surface area contributed by atoms with E-state index in [0.717, 1.165) is 13.0 Å². The van der Waals surface area contributed by atoms with Crippen molar-refractivity contribution < 1.29 is 46.5 Å². The molecule has 4 heteroatoms. The van der Waals surface area contributed by atoms with Crippen LogP contribution in [0.1, 0.15) is 64.1 Å². The molecular weight excluding hydrogens is 361 g/mol. The van der Waals surface area contributed by atoms with Gasteiger partial charge in [0.15, 0.2) is 0 Å². The van der Waals surface area contributed by atoms with Crippen LogP contribution in [0.3, 0.4) is 0 Å². The Morgan fingerprint density at radius 2 is 1.78 bits per heavy atom. The molecule has 1 aromatic carbocycles. The topological polar surface area (TPSA) is 14.1 Å². The van der Waals surface area contributed by atoms with E-state index in [1.807, 2.05) is 0 Å². The zero-order valence-electron chi connectivity index (χ0n) is 14.5. The van der Waals surface area contributed by atoms with Gasteiger partial charge in [-0.05, 0) is 37.0 Å². The molecule has 1 radical (unpaired) electrons. The molecule has 0 aromatic heterocycles. The number of nitrogens with zero attached hydrogens (tertiary/aromatic N) is 1. The van der Waals surface area contributed by atoms with E-state index in [2.05, 4.69) is 58.0 Å². The van der Waals surface area contributed by atoms with Gasteiger partial charge < -0.3 is 30.1 Å². The molecule has 2 rings (SSSR count). The predicted octanol–water partition coefficient (Wildman–Crippen LogP) is 0.0504. The Kier molecular flexibility index (Phi) is 13.5. The zero-order valence-corrected chi connectivity index (χ0v) is 17.6. The molecule has 125 valence electrons. The van der Waals surface area contributed by atoms with Crippen molar-refractivity contribution in [3.05, 3.63) is 57.9 Å². The van der Waals surface area contributed by atoms with E-state index in [-0.39, 0.29) is 46.5 Å². The first-order valence-corrected chi connectivity index (χ1v) is 7.76.